The first kappa shape index (κ1) is 14.9. The van der Waals surface area contributed by atoms with E-state index >= 15 is 0 Å². The molecule has 0 aliphatic carbocycles. The Hall–Kier alpha value is -2.48. The Labute approximate surface area is 127 Å². The van der Waals surface area contributed by atoms with Crippen molar-refractivity contribution in [2.75, 3.05) is 11.1 Å². The van der Waals surface area contributed by atoms with Crippen LogP contribution in [0.25, 0.3) is 0 Å². The SMILES string of the molecule is Nc1cc(Br)cc(C(=O)Nc2cc(F)cc([N+](=O)[O-])c2)c1. The molecule has 2 aromatic carbocycles. The van der Waals surface area contributed by atoms with Gasteiger partial charge in [0, 0.05) is 21.8 Å². The number of non-ortho nitro benzene ring substituents is 1. The number of hydrogen-bond acceptors (Lipinski definition) is 4. The molecule has 108 valence electrons. The Balaban J connectivity index is 2.29. The molecule has 2 aromatic rings. The lowest BCUT2D eigenvalue weighted by Gasteiger charge is -2.07. The maximum atomic E-state index is 13.3. The molecule has 0 aliphatic rings. The van der Waals surface area contributed by atoms with Gasteiger partial charge in [-0.15, -0.1) is 0 Å². The van der Waals surface area contributed by atoms with E-state index in [4.69, 9.17) is 5.73 Å². The van der Waals surface area contributed by atoms with Crippen molar-refractivity contribution in [3.8, 4) is 0 Å². The smallest absolute Gasteiger partial charge is 0.274 e. The second kappa shape index (κ2) is 5.88. The van der Waals surface area contributed by atoms with Crippen molar-refractivity contribution in [2.24, 2.45) is 0 Å². The van der Waals surface area contributed by atoms with Gasteiger partial charge in [0.05, 0.1) is 16.7 Å². The second-order valence-electron chi connectivity index (χ2n) is 4.18. The highest BCUT2D eigenvalue weighted by molar-refractivity contribution is 9.10. The molecule has 0 heterocycles. The van der Waals surface area contributed by atoms with Gasteiger partial charge in [0.15, 0.2) is 0 Å². The van der Waals surface area contributed by atoms with Crippen LogP contribution in [0.15, 0.2) is 40.9 Å². The lowest BCUT2D eigenvalue weighted by Crippen LogP contribution is -2.12. The first-order valence-electron chi connectivity index (χ1n) is 5.67. The fourth-order valence-electron chi connectivity index (χ4n) is 1.70. The molecule has 0 saturated heterocycles. The molecule has 0 aliphatic heterocycles. The van der Waals surface area contributed by atoms with Crippen LogP contribution in [0.3, 0.4) is 0 Å². The van der Waals surface area contributed by atoms with Gasteiger partial charge in [0.25, 0.3) is 11.6 Å². The summed E-state index contributed by atoms with van der Waals surface area (Å²) < 4.78 is 13.9. The van der Waals surface area contributed by atoms with Crippen LogP contribution in [0.4, 0.5) is 21.5 Å². The summed E-state index contributed by atoms with van der Waals surface area (Å²) in [7, 11) is 0. The highest BCUT2D eigenvalue weighted by Gasteiger charge is 2.13. The summed E-state index contributed by atoms with van der Waals surface area (Å²) >= 11 is 3.20. The van der Waals surface area contributed by atoms with Gasteiger partial charge < -0.3 is 11.1 Å². The van der Waals surface area contributed by atoms with E-state index in [0.717, 1.165) is 18.2 Å². The number of nitrogen functional groups attached to an aromatic ring is 1. The molecule has 1 amide bonds. The maximum absolute atomic E-state index is 13.3. The van der Waals surface area contributed by atoms with Gasteiger partial charge in [-0.25, -0.2) is 4.39 Å². The molecule has 3 N–H and O–H groups in total. The zero-order valence-electron chi connectivity index (χ0n) is 10.5. The van der Waals surface area contributed by atoms with Gasteiger partial charge in [-0.05, 0) is 24.3 Å². The van der Waals surface area contributed by atoms with Crippen LogP contribution >= 0.6 is 15.9 Å². The van der Waals surface area contributed by atoms with E-state index in [1.165, 1.54) is 12.1 Å². The predicted octanol–water partition coefficient (Wildman–Crippen LogP) is 3.33. The van der Waals surface area contributed by atoms with Gasteiger partial charge in [-0.1, -0.05) is 15.9 Å². The van der Waals surface area contributed by atoms with E-state index < -0.39 is 22.3 Å². The number of halogens is 2. The average molecular weight is 354 g/mol. The molecule has 0 fully saturated rings. The molecular weight excluding hydrogens is 345 g/mol. The lowest BCUT2D eigenvalue weighted by atomic mass is 10.2. The molecular formula is C13H9BrFN3O3. The molecule has 2 rings (SSSR count). The van der Waals surface area contributed by atoms with Gasteiger partial charge >= 0.3 is 0 Å². The number of rotatable bonds is 3. The Morgan fingerprint density at radius 3 is 2.57 bits per heavy atom. The average Bonchev–Trinajstić information content (AvgIpc) is 2.36. The Kier molecular flexibility index (Phi) is 4.18. The molecule has 8 heteroatoms. The summed E-state index contributed by atoms with van der Waals surface area (Å²) in [6, 6.07) is 7.42. The minimum absolute atomic E-state index is 0.00903. The lowest BCUT2D eigenvalue weighted by molar-refractivity contribution is -0.385. The van der Waals surface area contributed by atoms with Gasteiger partial charge in [-0.3, -0.25) is 14.9 Å². The Morgan fingerprint density at radius 1 is 1.24 bits per heavy atom. The normalized spacial score (nSPS) is 10.2. The van der Waals surface area contributed by atoms with Crippen LogP contribution in [0.5, 0.6) is 0 Å². The van der Waals surface area contributed by atoms with Crippen LogP contribution < -0.4 is 11.1 Å². The second-order valence-corrected chi connectivity index (χ2v) is 5.10. The molecule has 21 heavy (non-hydrogen) atoms. The minimum atomic E-state index is -0.812. The van der Waals surface area contributed by atoms with Gasteiger partial charge in [0.1, 0.15) is 5.82 Å². The predicted molar refractivity (Wildman–Crippen MR) is 79.6 cm³/mol. The van der Waals surface area contributed by atoms with Gasteiger partial charge in [-0.2, -0.15) is 0 Å². The molecule has 6 nitrogen and oxygen atoms in total. The van der Waals surface area contributed by atoms with E-state index in [2.05, 4.69) is 21.2 Å². The van der Waals surface area contributed by atoms with Crippen LogP contribution in [-0.4, -0.2) is 10.8 Å². The van der Waals surface area contributed by atoms with E-state index in [1.54, 1.807) is 6.07 Å². The number of carbonyl (C=O) groups is 1. The summed E-state index contributed by atoms with van der Waals surface area (Å²) in [5.74, 6) is -1.36. The van der Waals surface area contributed by atoms with Crippen LogP contribution in [-0.2, 0) is 0 Å². The number of anilines is 2. The highest BCUT2D eigenvalue weighted by atomic mass is 79.9. The summed E-state index contributed by atoms with van der Waals surface area (Å²) in [4.78, 5) is 21.9. The first-order chi connectivity index (χ1) is 9.85. The number of nitrogens with one attached hydrogen (secondary N) is 1. The summed E-state index contributed by atoms with van der Waals surface area (Å²) in [5, 5.41) is 13.0. The molecule has 0 saturated carbocycles. The van der Waals surface area contributed by atoms with Crippen LogP contribution in [0.2, 0.25) is 0 Å². The summed E-state index contributed by atoms with van der Waals surface area (Å²) in [6.07, 6.45) is 0. The van der Waals surface area contributed by atoms with Crippen molar-refractivity contribution in [1.82, 2.24) is 0 Å². The van der Waals surface area contributed by atoms with Crippen LogP contribution in [0.1, 0.15) is 10.4 Å². The molecule has 0 atom stereocenters. The van der Waals surface area contributed by atoms with Crippen molar-refractivity contribution in [2.45, 2.75) is 0 Å². The van der Waals surface area contributed by atoms with E-state index in [9.17, 15) is 19.3 Å². The third-order valence-corrected chi connectivity index (χ3v) is 2.99. The third kappa shape index (κ3) is 3.76. The largest absolute Gasteiger partial charge is 0.399 e. The molecule has 0 unspecified atom stereocenters. The number of nitrogens with zero attached hydrogens (tertiary/aromatic N) is 1. The summed E-state index contributed by atoms with van der Waals surface area (Å²) in [5.41, 5.74) is 5.78. The number of amides is 1. The fraction of sp³-hybridized carbons (Fsp3) is 0. The third-order valence-electron chi connectivity index (χ3n) is 2.53. The number of nitro groups is 1. The van der Waals surface area contributed by atoms with E-state index in [1.807, 2.05) is 0 Å². The first-order valence-corrected chi connectivity index (χ1v) is 6.47. The quantitative estimate of drug-likeness (QED) is 0.502. The van der Waals surface area contributed by atoms with Crippen LogP contribution in [0, 0.1) is 15.9 Å². The maximum Gasteiger partial charge on any atom is 0.274 e. The van der Waals surface area contributed by atoms with Crippen molar-refractivity contribution in [3.63, 3.8) is 0 Å². The summed E-state index contributed by atoms with van der Waals surface area (Å²) in [6.45, 7) is 0. The highest BCUT2D eigenvalue weighted by Crippen LogP contribution is 2.22. The van der Waals surface area contributed by atoms with Crippen molar-refractivity contribution in [1.29, 1.82) is 0 Å². The number of nitrogens with two attached hydrogens (primary N) is 1. The fourth-order valence-corrected chi connectivity index (χ4v) is 2.21. The topological polar surface area (TPSA) is 98.3 Å². The number of carbonyl (C=O) groups excluding carboxylic acids is 1. The monoisotopic (exact) mass is 353 g/mol. The Bertz CT molecular complexity index is 716. The molecule has 0 aromatic heterocycles. The van der Waals surface area contributed by atoms with Gasteiger partial charge in [0.2, 0.25) is 0 Å². The Morgan fingerprint density at radius 2 is 1.95 bits per heavy atom. The van der Waals surface area contributed by atoms with E-state index in [0.29, 0.717) is 10.2 Å². The molecule has 0 spiro atoms. The van der Waals surface area contributed by atoms with E-state index in [-0.39, 0.29) is 11.3 Å². The van der Waals surface area contributed by atoms with Crippen molar-refractivity contribution >= 4 is 38.9 Å². The minimum Gasteiger partial charge on any atom is -0.399 e. The number of nitro benzene ring substituents is 1. The zero-order chi connectivity index (χ0) is 15.6. The van der Waals surface area contributed by atoms with Crippen molar-refractivity contribution < 1.29 is 14.1 Å². The standard InChI is InChI=1S/C13H9BrFN3O3/c14-8-1-7(2-10(16)3-8)13(19)17-11-4-9(15)5-12(6-11)18(20)21/h1-6H,16H2,(H,17,19). The zero-order valence-corrected chi connectivity index (χ0v) is 12.1. The molecule has 0 radical (unpaired) electrons. The molecule has 0 bridgehead atoms. The number of benzene rings is 2. The van der Waals surface area contributed by atoms with Crippen molar-refractivity contribution in [3.05, 3.63) is 62.4 Å². The number of hydrogen-bond donors (Lipinski definition) is 2.